The standard InChI is InChI=1S/C21H20N2S/c1-15-12-13-18(14-16(15)2)22-21(24)23-20-11-7-6-10-19(20)17-8-4-3-5-9-17/h3-14H,1-2H3,(H2,22,23,24). The van der Waals surface area contributed by atoms with Gasteiger partial charge in [-0.15, -0.1) is 0 Å². The van der Waals surface area contributed by atoms with Gasteiger partial charge < -0.3 is 10.6 Å². The molecule has 0 radical (unpaired) electrons. The van der Waals surface area contributed by atoms with Crippen LogP contribution in [0.2, 0.25) is 0 Å². The second-order valence-electron chi connectivity index (χ2n) is 5.79. The molecule has 3 rings (SSSR count). The van der Waals surface area contributed by atoms with Crippen molar-refractivity contribution in [2.75, 3.05) is 10.6 Å². The highest BCUT2D eigenvalue weighted by Crippen LogP contribution is 2.27. The molecule has 2 nitrogen and oxygen atoms in total. The first-order valence-corrected chi connectivity index (χ1v) is 8.34. The van der Waals surface area contributed by atoms with Crippen molar-refractivity contribution in [2.45, 2.75) is 13.8 Å². The minimum absolute atomic E-state index is 0.585. The summed E-state index contributed by atoms with van der Waals surface area (Å²) in [7, 11) is 0. The highest BCUT2D eigenvalue weighted by molar-refractivity contribution is 7.80. The number of hydrogen-bond donors (Lipinski definition) is 2. The van der Waals surface area contributed by atoms with Crippen molar-refractivity contribution in [3.8, 4) is 11.1 Å². The maximum absolute atomic E-state index is 5.48. The summed E-state index contributed by atoms with van der Waals surface area (Å²) in [6.45, 7) is 4.20. The summed E-state index contributed by atoms with van der Waals surface area (Å²) < 4.78 is 0. The maximum atomic E-state index is 5.48. The molecule has 2 N–H and O–H groups in total. The van der Waals surface area contributed by atoms with Crippen molar-refractivity contribution < 1.29 is 0 Å². The van der Waals surface area contributed by atoms with Crippen LogP contribution in [-0.2, 0) is 0 Å². The molecule has 0 aromatic heterocycles. The van der Waals surface area contributed by atoms with Gasteiger partial charge in [0.2, 0.25) is 0 Å². The van der Waals surface area contributed by atoms with Crippen LogP contribution in [-0.4, -0.2) is 5.11 Å². The molecular formula is C21H20N2S. The fraction of sp³-hybridized carbons (Fsp3) is 0.0952. The normalized spacial score (nSPS) is 10.2. The van der Waals surface area contributed by atoms with Gasteiger partial charge in [-0.2, -0.15) is 0 Å². The highest BCUT2D eigenvalue weighted by atomic mass is 32.1. The summed E-state index contributed by atoms with van der Waals surface area (Å²) >= 11 is 5.48. The summed E-state index contributed by atoms with van der Waals surface area (Å²) in [6.07, 6.45) is 0. The number of hydrogen-bond acceptors (Lipinski definition) is 1. The van der Waals surface area contributed by atoms with E-state index in [2.05, 4.69) is 54.8 Å². The molecule has 0 fully saturated rings. The van der Waals surface area contributed by atoms with Crippen LogP contribution in [0.5, 0.6) is 0 Å². The summed E-state index contributed by atoms with van der Waals surface area (Å²) in [5.74, 6) is 0. The highest BCUT2D eigenvalue weighted by Gasteiger charge is 2.06. The molecule has 3 aromatic carbocycles. The van der Waals surface area contributed by atoms with Gasteiger partial charge in [-0.05, 0) is 61.0 Å². The van der Waals surface area contributed by atoms with Crippen LogP contribution < -0.4 is 10.6 Å². The molecule has 0 aliphatic carbocycles. The molecule has 3 heteroatoms. The Balaban J connectivity index is 1.79. The van der Waals surface area contributed by atoms with Gasteiger partial charge in [0.25, 0.3) is 0 Å². The first-order chi connectivity index (χ1) is 11.6. The largest absolute Gasteiger partial charge is 0.332 e. The number of nitrogens with one attached hydrogen (secondary N) is 2. The first-order valence-electron chi connectivity index (χ1n) is 7.93. The van der Waals surface area contributed by atoms with Crippen LogP contribution >= 0.6 is 12.2 Å². The molecule has 120 valence electrons. The van der Waals surface area contributed by atoms with Crippen LogP contribution in [0.25, 0.3) is 11.1 Å². The van der Waals surface area contributed by atoms with Crippen molar-refractivity contribution in [3.05, 3.63) is 83.9 Å². The molecule has 0 bridgehead atoms. The van der Waals surface area contributed by atoms with Gasteiger partial charge in [-0.25, -0.2) is 0 Å². The third-order valence-electron chi connectivity index (χ3n) is 4.02. The summed E-state index contributed by atoms with van der Waals surface area (Å²) in [4.78, 5) is 0. The smallest absolute Gasteiger partial charge is 0.175 e. The Hall–Kier alpha value is -2.65. The lowest BCUT2D eigenvalue weighted by Crippen LogP contribution is -2.19. The molecule has 0 spiro atoms. The molecule has 0 amide bonds. The topological polar surface area (TPSA) is 24.1 Å². The predicted octanol–water partition coefficient (Wildman–Crippen LogP) is 5.78. The molecule has 0 heterocycles. The second-order valence-corrected chi connectivity index (χ2v) is 6.20. The SMILES string of the molecule is Cc1ccc(NC(=S)Nc2ccccc2-c2ccccc2)cc1C. The minimum atomic E-state index is 0.585. The van der Waals surface area contributed by atoms with E-state index in [-0.39, 0.29) is 0 Å². The molecule has 0 aliphatic heterocycles. The number of rotatable bonds is 3. The van der Waals surface area contributed by atoms with Crippen LogP contribution in [0.1, 0.15) is 11.1 Å². The average molecular weight is 332 g/mol. The summed E-state index contributed by atoms with van der Waals surface area (Å²) in [5, 5.41) is 7.15. The van der Waals surface area contributed by atoms with E-state index in [1.807, 2.05) is 42.5 Å². The molecule has 0 saturated carbocycles. The molecule has 0 unspecified atom stereocenters. The third kappa shape index (κ3) is 3.81. The Kier molecular flexibility index (Phi) is 4.92. The lowest BCUT2D eigenvalue weighted by atomic mass is 10.0. The van der Waals surface area contributed by atoms with Crippen LogP contribution in [0.3, 0.4) is 0 Å². The molecule has 0 aliphatic rings. The Labute approximate surface area is 148 Å². The van der Waals surface area contributed by atoms with Crippen LogP contribution in [0.15, 0.2) is 72.8 Å². The van der Waals surface area contributed by atoms with Crippen molar-refractivity contribution in [3.63, 3.8) is 0 Å². The zero-order chi connectivity index (χ0) is 16.9. The molecule has 0 atom stereocenters. The van der Waals surface area contributed by atoms with Gasteiger partial charge in [0, 0.05) is 16.9 Å². The summed E-state index contributed by atoms with van der Waals surface area (Å²) in [6, 6.07) is 24.7. The fourth-order valence-electron chi connectivity index (χ4n) is 2.57. The van der Waals surface area contributed by atoms with Gasteiger partial charge >= 0.3 is 0 Å². The van der Waals surface area contributed by atoms with Gasteiger partial charge in [0.1, 0.15) is 0 Å². The van der Waals surface area contributed by atoms with Crippen molar-refractivity contribution in [2.24, 2.45) is 0 Å². The Morgan fingerprint density at radius 1 is 0.750 bits per heavy atom. The summed E-state index contributed by atoms with van der Waals surface area (Å²) in [5.41, 5.74) is 6.79. The van der Waals surface area contributed by atoms with Gasteiger partial charge in [0.05, 0.1) is 0 Å². The van der Waals surface area contributed by atoms with E-state index in [0.29, 0.717) is 5.11 Å². The zero-order valence-electron chi connectivity index (χ0n) is 13.8. The Bertz CT molecular complexity index is 857. The van der Waals surface area contributed by atoms with Crippen molar-refractivity contribution >= 4 is 28.7 Å². The molecular weight excluding hydrogens is 312 g/mol. The van der Waals surface area contributed by atoms with E-state index >= 15 is 0 Å². The molecule has 3 aromatic rings. The lowest BCUT2D eigenvalue weighted by molar-refractivity contribution is 1.34. The van der Waals surface area contributed by atoms with E-state index in [4.69, 9.17) is 12.2 Å². The zero-order valence-corrected chi connectivity index (χ0v) is 14.7. The van der Waals surface area contributed by atoms with E-state index in [1.54, 1.807) is 0 Å². The van der Waals surface area contributed by atoms with Crippen molar-refractivity contribution in [1.29, 1.82) is 0 Å². The number of aryl methyl sites for hydroxylation is 2. The van der Waals surface area contributed by atoms with E-state index in [9.17, 15) is 0 Å². The van der Waals surface area contributed by atoms with E-state index < -0.39 is 0 Å². The monoisotopic (exact) mass is 332 g/mol. The fourth-order valence-corrected chi connectivity index (χ4v) is 2.79. The van der Waals surface area contributed by atoms with Crippen molar-refractivity contribution in [1.82, 2.24) is 0 Å². The number of thiocarbonyl (C=S) groups is 1. The van der Waals surface area contributed by atoms with E-state index in [1.165, 1.54) is 11.1 Å². The number of para-hydroxylation sites is 1. The van der Waals surface area contributed by atoms with Crippen LogP contribution in [0, 0.1) is 13.8 Å². The number of anilines is 2. The first kappa shape index (κ1) is 16.2. The minimum Gasteiger partial charge on any atom is -0.332 e. The van der Waals surface area contributed by atoms with E-state index in [0.717, 1.165) is 22.5 Å². The van der Waals surface area contributed by atoms with Gasteiger partial charge in [-0.1, -0.05) is 54.6 Å². The predicted molar refractivity (Wildman–Crippen MR) is 108 cm³/mol. The average Bonchev–Trinajstić information content (AvgIpc) is 2.59. The Morgan fingerprint density at radius 2 is 1.46 bits per heavy atom. The van der Waals surface area contributed by atoms with Gasteiger partial charge in [0.15, 0.2) is 5.11 Å². The number of benzene rings is 3. The van der Waals surface area contributed by atoms with Gasteiger partial charge in [-0.3, -0.25) is 0 Å². The second kappa shape index (κ2) is 7.28. The maximum Gasteiger partial charge on any atom is 0.175 e. The quantitative estimate of drug-likeness (QED) is 0.595. The molecule has 24 heavy (non-hydrogen) atoms. The molecule has 0 saturated heterocycles. The van der Waals surface area contributed by atoms with Crippen LogP contribution in [0.4, 0.5) is 11.4 Å². The third-order valence-corrected chi connectivity index (χ3v) is 4.23. The Morgan fingerprint density at radius 3 is 2.21 bits per heavy atom. The lowest BCUT2D eigenvalue weighted by Gasteiger charge is -2.15.